The van der Waals surface area contributed by atoms with E-state index in [0.717, 1.165) is 64.2 Å². The number of hydrogen-bond donors (Lipinski definition) is 2. The van der Waals surface area contributed by atoms with Crippen LogP contribution in [-0.4, -0.2) is 41.0 Å². The van der Waals surface area contributed by atoms with Crippen LogP contribution in [0.25, 0.3) is 0 Å². The van der Waals surface area contributed by atoms with Crippen molar-refractivity contribution in [2.45, 2.75) is 213 Å². The lowest BCUT2D eigenvalue weighted by Gasteiger charge is -2.18. The first kappa shape index (κ1) is 52.0. The third-order valence-corrected chi connectivity index (χ3v) is 9.82. The molecule has 9 heteroatoms. The van der Waals surface area contributed by atoms with Crippen molar-refractivity contribution in [1.29, 1.82) is 0 Å². The lowest BCUT2D eigenvalue weighted by Crippen LogP contribution is -2.29. The molecule has 0 bridgehead atoms. The average molecular weight is 781 g/mol. The van der Waals surface area contributed by atoms with E-state index in [4.69, 9.17) is 19.3 Å². The number of rotatable bonds is 40. The van der Waals surface area contributed by atoms with Crippen molar-refractivity contribution in [3.8, 4) is 0 Å². The van der Waals surface area contributed by atoms with Gasteiger partial charge in [-0.05, 0) is 51.4 Å². The summed E-state index contributed by atoms with van der Waals surface area (Å²) < 4.78 is 26.4. The van der Waals surface area contributed by atoms with E-state index in [0.29, 0.717) is 6.42 Å². The highest BCUT2D eigenvalue weighted by Gasteiger charge is 2.22. The second-order valence-electron chi connectivity index (χ2n) is 14.7. The fourth-order valence-corrected chi connectivity index (χ4v) is 6.43. The van der Waals surface area contributed by atoms with Gasteiger partial charge in [-0.1, -0.05) is 191 Å². The van der Waals surface area contributed by atoms with Crippen LogP contribution >= 0.6 is 7.82 Å². The first-order chi connectivity index (χ1) is 26.3. The first-order valence-corrected chi connectivity index (χ1v) is 23.5. The van der Waals surface area contributed by atoms with Crippen molar-refractivity contribution in [3.05, 3.63) is 48.6 Å². The van der Waals surface area contributed by atoms with E-state index in [1.165, 1.54) is 109 Å². The Hall–Kier alpha value is -1.99. The third-order valence-electron chi connectivity index (χ3n) is 9.33. The normalized spacial score (nSPS) is 12.9. The summed E-state index contributed by atoms with van der Waals surface area (Å²) in [5.41, 5.74) is 0. The molecule has 0 saturated carbocycles. The summed E-state index contributed by atoms with van der Waals surface area (Å²) in [7, 11) is -4.76. The Kier molecular flexibility index (Phi) is 39.2. The zero-order valence-electron chi connectivity index (χ0n) is 34.6. The van der Waals surface area contributed by atoms with E-state index in [1.54, 1.807) is 0 Å². The van der Waals surface area contributed by atoms with E-state index in [-0.39, 0.29) is 19.4 Å². The Balaban J connectivity index is 3.93. The number of esters is 2. The fourth-order valence-electron chi connectivity index (χ4n) is 6.07. The van der Waals surface area contributed by atoms with Gasteiger partial charge in [0, 0.05) is 12.8 Å². The van der Waals surface area contributed by atoms with Crippen LogP contribution in [0.15, 0.2) is 48.6 Å². The Morgan fingerprint density at radius 3 is 1.31 bits per heavy atom. The van der Waals surface area contributed by atoms with Crippen LogP contribution in [0.5, 0.6) is 0 Å². The van der Waals surface area contributed by atoms with Gasteiger partial charge >= 0.3 is 19.8 Å². The van der Waals surface area contributed by atoms with Gasteiger partial charge in [-0.3, -0.25) is 14.1 Å². The van der Waals surface area contributed by atoms with Gasteiger partial charge in [0.05, 0.1) is 6.61 Å². The van der Waals surface area contributed by atoms with Crippen molar-refractivity contribution in [3.63, 3.8) is 0 Å². The minimum Gasteiger partial charge on any atom is -0.462 e. The Bertz CT molecular complexity index is 1020. The van der Waals surface area contributed by atoms with Crippen LogP contribution in [-0.2, 0) is 28.2 Å². The summed E-state index contributed by atoms with van der Waals surface area (Å²) in [6, 6.07) is 0. The molecule has 1 atom stereocenters. The average Bonchev–Trinajstić information content (AvgIpc) is 3.14. The molecule has 8 nitrogen and oxygen atoms in total. The van der Waals surface area contributed by atoms with Gasteiger partial charge in [0.25, 0.3) is 0 Å². The number of phosphoric acid groups is 1. The van der Waals surface area contributed by atoms with E-state index < -0.39 is 32.5 Å². The maximum atomic E-state index is 12.4. The molecule has 0 aliphatic heterocycles. The standard InChI is InChI=1S/C45H81O8P/c1-3-5-7-9-11-13-15-17-19-21-22-24-25-27-29-31-33-35-37-39-44(46)51-41-43(42-52-54(48,49)50)53-45(47)40-38-36-34-32-30-28-26-23-20-18-16-14-12-10-8-6-4-2/h8,10,14,16,20,23,28,30,43H,3-7,9,11-13,15,17-19,21-22,24-27,29,31-42H2,1-2H3,(H2,48,49,50)/b10-8+,16-14+,23-20+,30-28+/t43-/m1/s1. The van der Waals surface area contributed by atoms with Gasteiger partial charge in [0.2, 0.25) is 0 Å². The van der Waals surface area contributed by atoms with Crippen molar-refractivity contribution >= 4 is 19.8 Å². The molecule has 0 aliphatic carbocycles. The van der Waals surface area contributed by atoms with Crippen molar-refractivity contribution in [1.82, 2.24) is 0 Å². The second-order valence-corrected chi connectivity index (χ2v) is 15.9. The van der Waals surface area contributed by atoms with Crippen molar-refractivity contribution < 1.29 is 37.9 Å². The molecule has 314 valence electrons. The third kappa shape index (κ3) is 42.7. The van der Waals surface area contributed by atoms with E-state index in [2.05, 4.69) is 67.0 Å². The van der Waals surface area contributed by atoms with E-state index in [9.17, 15) is 14.2 Å². The van der Waals surface area contributed by atoms with Gasteiger partial charge in [-0.2, -0.15) is 0 Å². The smallest absolute Gasteiger partial charge is 0.462 e. The molecule has 54 heavy (non-hydrogen) atoms. The Morgan fingerprint density at radius 2 is 0.870 bits per heavy atom. The molecule has 0 rings (SSSR count). The van der Waals surface area contributed by atoms with Crippen molar-refractivity contribution in [2.24, 2.45) is 0 Å². The number of hydrogen-bond acceptors (Lipinski definition) is 6. The molecule has 0 spiro atoms. The highest BCUT2D eigenvalue weighted by molar-refractivity contribution is 7.46. The summed E-state index contributed by atoms with van der Waals surface area (Å²) in [6.07, 6.45) is 49.8. The summed E-state index contributed by atoms with van der Waals surface area (Å²) in [4.78, 5) is 42.9. The summed E-state index contributed by atoms with van der Waals surface area (Å²) in [6.45, 7) is 3.61. The molecule has 2 N–H and O–H groups in total. The quantitative estimate of drug-likeness (QED) is 0.0273. The van der Waals surface area contributed by atoms with Crippen LogP contribution < -0.4 is 0 Å². The number of allylic oxidation sites excluding steroid dienone is 8. The zero-order chi connectivity index (χ0) is 39.6. The maximum absolute atomic E-state index is 12.4. The Morgan fingerprint density at radius 1 is 0.481 bits per heavy atom. The maximum Gasteiger partial charge on any atom is 0.469 e. The van der Waals surface area contributed by atoms with Crippen LogP contribution in [0.2, 0.25) is 0 Å². The second kappa shape index (κ2) is 40.7. The highest BCUT2D eigenvalue weighted by Crippen LogP contribution is 2.36. The summed E-state index contributed by atoms with van der Waals surface area (Å²) >= 11 is 0. The molecular weight excluding hydrogens is 699 g/mol. The molecular formula is C45H81O8P. The number of phosphoric ester groups is 1. The Labute approximate surface area is 331 Å². The van der Waals surface area contributed by atoms with E-state index in [1.807, 2.05) is 0 Å². The monoisotopic (exact) mass is 781 g/mol. The van der Waals surface area contributed by atoms with Gasteiger partial charge in [0.15, 0.2) is 6.10 Å². The topological polar surface area (TPSA) is 119 Å². The minimum atomic E-state index is -4.76. The zero-order valence-corrected chi connectivity index (χ0v) is 35.5. The first-order valence-electron chi connectivity index (χ1n) is 21.9. The van der Waals surface area contributed by atoms with Crippen molar-refractivity contribution in [2.75, 3.05) is 13.2 Å². The molecule has 0 radical (unpaired) electrons. The number of ether oxygens (including phenoxy) is 2. The van der Waals surface area contributed by atoms with Gasteiger partial charge < -0.3 is 19.3 Å². The minimum absolute atomic E-state index is 0.175. The molecule has 0 aromatic rings. The summed E-state index contributed by atoms with van der Waals surface area (Å²) in [5, 5.41) is 0. The number of unbranched alkanes of at least 4 members (excludes halogenated alkanes) is 22. The summed E-state index contributed by atoms with van der Waals surface area (Å²) in [5.74, 6) is -0.915. The van der Waals surface area contributed by atoms with Gasteiger partial charge in [-0.25, -0.2) is 4.57 Å². The lowest BCUT2D eigenvalue weighted by atomic mass is 10.0. The molecule has 0 aliphatic rings. The molecule has 0 saturated heterocycles. The van der Waals surface area contributed by atoms with Crippen LogP contribution in [0.1, 0.15) is 206 Å². The molecule has 0 amide bonds. The van der Waals surface area contributed by atoms with Gasteiger partial charge in [-0.15, -0.1) is 0 Å². The predicted octanol–water partition coefficient (Wildman–Crippen LogP) is 13.5. The molecule has 0 heterocycles. The van der Waals surface area contributed by atoms with E-state index >= 15 is 0 Å². The largest absolute Gasteiger partial charge is 0.469 e. The molecule has 0 fully saturated rings. The van der Waals surface area contributed by atoms with Crippen LogP contribution in [0.3, 0.4) is 0 Å². The number of carbonyl (C=O) groups excluding carboxylic acids is 2. The highest BCUT2D eigenvalue weighted by atomic mass is 31.2. The van der Waals surface area contributed by atoms with Gasteiger partial charge in [0.1, 0.15) is 6.61 Å². The predicted molar refractivity (Wildman–Crippen MR) is 225 cm³/mol. The van der Waals surface area contributed by atoms with Crippen LogP contribution in [0, 0.1) is 0 Å². The molecule has 0 aromatic carbocycles. The fraction of sp³-hybridized carbons (Fsp3) is 0.778. The SMILES string of the molecule is CCC/C=C/C/C=C/C/C=C/C/C=C/CCCCCC(=O)O[C@H](COC(=O)CCCCCCCCCCCCCCCCCCCCC)COP(=O)(O)O. The lowest BCUT2D eigenvalue weighted by molar-refractivity contribution is -0.161. The molecule has 0 unspecified atom stereocenters. The number of carbonyl (C=O) groups is 2. The molecule has 0 aromatic heterocycles. The van der Waals surface area contributed by atoms with Crippen LogP contribution in [0.4, 0.5) is 0 Å².